The van der Waals surface area contributed by atoms with E-state index < -0.39 is 0 Å². The molecule has 0 amide bonds. The van der Waals surface area contributed by atoms with Gasteiger partial charge in [-0.25, -0.2) is 0 Å². The van der Waals surface area contributed by atoms with Gasteiger partial charge in [0.25, 0.3) is 0 Å². The Hall–Kier alpha value is -2.20. The molecule has 1 atom stereocenters. The van der Waals surface area contributed by atoms with Gasteiger partial charge in [0, 0.05) is 43.1 Å². The van der Waals surface area contributed by atoms with Crippen LogP contribution in [-0.2, 0) is 20.0 Å². The molecule has 136 valence electrons. The minimum absolute atomic E-state index is 0.739. The first-order chi connectivity index (χ1) is 12.5. The van der Waals surface area contributed by atoms with Crippen molar-refractivity contribution in [2.75, 3.05) is 13.1 Å². The smallest absolute Gasteiger partial charge is 0.0926 e. The molecule has 0 aliphatic carbocycles. The summed E-state index contributed by atoms with van der Waals surface area (Å²) in [6.45, 7) is 7.60. The zero-order valence-electron chi connectivity index (χ0n) is 16.1. The average Bonchev–Trinajstić information content (AvgIpc) is 2.93. The molecule has 4 rings (SSSR count). The molecular formula is C22H28N4. The lowest BCUT2D eigenvalue weighted by molar-refractivity contribution is 0.167. The highest BCUT2D eigenvalue weighted by Gasteiger charge is 2.20. The monoisotopic (exact) mass is 348 g/mol. The molecule has 1 saturated heterocycles. The number of aromatic nitrogens is 3. The topological polar surface area (TPSA) is 34.0 Å². The summed E-state index contributed by atoms with van der Waals surface area (Å²) in [6.07, 6.45) is 5.87. The zero-order chi connectivity index (χ0) is 18.1. The van der Waals surface area contributed by atoms with E-state index in [1.807, 2.05) is 11.7 Å². The van der Waals surface area contributed by atoms with Gasteiger partial charge in [0.15, 0.2) is 0 Å². The van der Waals surface area contributed by atoms with Gasteiger partial charge in [-0.2, -0.15) is 5.10 Å². The highest BCUT2D eigenvalue weighted by Crippen LogP contribution is 2.24. The van der Waals surface area contributed by atoms with E-state index in [1.54, 1.807) is 0 Å². The third-order valence-corrected chi connectivity index (χ3v) is 5.36. The normalized spacial score (nSPS) is 18.5. The maximum Gasteiger partial charge on any atom is 0.0926 e. The standard InChI is InChI=1S/C22H28N4/c1-16-9-20(10-17(2)23-16)11-18-5-4-8-26(13-18)14-19-6-7-21-15-25(3)24-22(21)12-19/h6-7,9-10,12,15,18H,4-5,8,11,13-14H2,1-3H3. The molecule has 1 aliphatic heterocycles. The van der Waals surface area contributed by atoms with Crippen LogP contribution in [0.5, 0.6) is 0 Å². The molecule has 4 nitrogen and oxygen atoms in total. The minimum Gasteiger partial charge on any atom is -0.299 e. The summed E-state index contributed by atoms with van der Waals surface area (Å²) < 4.78 is 1.89. The van der Waals surface area contributed by atoms with E-state index in [-0.39, 0.29) is 0 Å². The van der Waals surface area contributed by atoms with Crippen molar-refractivity contribution in [3.8, 4) is 0 Å². The van der Waals surface area contributed by atoms with Gasteiger partial charge >= 0.3 is 0 Å². The molecular weight excluding hydrogens is 320 g/mol. The number of piperidine rings is 1. The Bertz CT molecular complexity index is 891. The van der Waals surface area contributed by atoms with Crippen LogP contribution >= 0.6 is 0 Å². The molecule has 3 aromatic rings. The summed E-state index contributed by atoms with van der Waals surface area (Å²) >= 11 is 0. The number of hydrogen-bond donors (Lipinski definition) is 0. The van der Waals surface area contributed by atoms with Crippen LogP contribution in [0.3, 0.4) is 0 Å². The molecule has 0 radical (unpaired) electrons. The highest BCUT2D eigenvalue weighted by atomic mass is 15.2. The number of nitrogens with zero attached hydrogens (tertiary/aromatic N) is 4. The second-order valence-electron chi connectivity index (χ2n) is 7.90. The Morgan fingerprint density at radius 1 is 1.08 bits per heavy atom. The van der Waals surface area contributed by atoms with Crippen molar-refractivity contribution in [2.24, 2.45) is 13.0 Å². The van der Waals surface area contributed by atoms with Gasteiger partial charge in [0.1, 0.15) is 0 Å². The van der Waals surface area contributed by atoms with E-state index in [1.165, 1.54) is 48.9 Å². The van der Waals surface area contributed by atoms with E-state index in [2.05, 4.69) is 65.4 Å². The van der Waals surface area contributed by atoms with Gasteiger partial charge in [0.2, 0.25) is 0 Å². The number of fused-ring (bicyclic) bond motifs is 1. The predicted molar refractivity (Wildman–Crippen MR) is 106 cm³/mol. The lowest BCUT2D eigenvalue weighted by Crippen LogP contribution is -2.35. The average molecular weight is 348 g/mol. The van der Waals surface area contributed by atoms with Crippen molar-refractivity contribution >= 4 is 10.9 Å². The number of hydrogen-bond acceptors (Lipinski definition) is 3. The van der Waals surface area contributed by atoms with Crippen LogP contribution in [0.1, 0.15) is 35.4 Å². The molecule has 4 heteroatoms. The van der Waals surface area contributed by atoms with E-state index in [0.717, 1.165) is 29.4 Å². The number of aryl methyl sites for hydroxylation is 3. The van der Waals surface area contributed by atoms with Crippen LogP contribution in [0.2, 0.25) is 0 Å². The molecule has 1 unspecified atom stereocenters. The molecule has 2 aromatic heterocycles. The molecule has 1 fully saturated rings. The van der Waals surface area contributed by atoms with E-state index >= 15 is 0 Å². The van der Waals surface area contributed by atoms with Crippen molar-refractivity contribution in [3.63, 3.8) is 0 Å². The van der Waals surface area contributed by atoms with Crippen molar-refractivity contribution in [2.45, 2.75) is 39.7 Å². The molecule has 0 spiro atoms. The second kappa shape index (κ2) is 7.20. The number of likely N-dealkylation sites (tertiary alicyclic amines) is 1. The maximum atomic E-state index is 4.55. The van der Waals surface area contributed by atoms with E-state index in [4.69, 9.17) is 0 Å². The van der Waals surface area contributed by atoms with Crippen molar-refractivity contribution < 1.29 is 0 Å². The maximum absolute atomic E-state index is 4.55. The van der Waals surface area contributed by atoms with Gasteiger partial charge in [0.05, 0.1) is 5.52 Å². The molecule has 1 aliphatic rings. The fourth-order valence-electron chi connectivity index (χ4n) is 4.38. The number of benzene rings is 1. The SMILES string of the molecule is Cc1cc(CC2CCCN(Cc3ccc4cn(C)nc4c3)C2)cc(C)n1. The Balaban J connectivity index is 1.42. The lowest BCUT2D eigenvalue weighted by atomic mass is 9.91. The molecule has 0 bridgehead atoms. The van der Waals surface area contributed by atoms with E-state index in [0.29, 0.717) is 0 Å². The summed E-state index contributed by atoms with van der Waals surface area (Å²) in [6, 6.07) is 11.2. The first-order valence-corrected chi connectivity index (χ1v) is 9.64. The first-order valence-electron chi connectivity index (χ1n) is 9.64. The summed E-state index contributed by atoms with van der Waals surface area (Å²) in [7, 11) is 1.98. The Kier molecular flexibility index (Phi) is 4.77. The summed E-state index contributed by atoms with van der Waals surface area (Å²) in [5.41, 5.74) is 6.18. The summed E-state index contributed by atoms with van der Waals surface area (Å²) in [5.74, 6) is 0.739. The Labute approximate surface area is 155 Å². The molecule has 0 saturated carbocycles. The van der Waals surface area contributed by atoms with Gasteiger partial charge in [-0.15, -0.1) is 0 Å². The fraction of sp³-hybridized carbons (Fsp3) is 0.455. The quantitative estimate of drug-likeness (QED) is 0.713. The summed E-state index contributed by atoms with van der Waals surface area (Å²) in [4.78, 5) is 7.12. The third-order valence-electron chi connectivity index (χ3n) is 5.36. The fourth-order valence-corrected chi connectivity index (χ4v) is 4.38. The Morgan fingerprint density at radius 2 is 1.88 bits per heavy atom. The number of pyridine rings is 1. The zero-order valence-corrected chi connectivity index (χ0v) is 16.1. The van der Waals surface area contributed by atoms with Gasteiger partial charge in [-0.05, 0) is 74.9 Å². The van der Waals surface area contributed by atoms with Gasteiger partial charge in [-0.1, -0.05) is 12.1 Å². The van der Waals surface area contributed by atoms with Gasteiger partial charge in [-0.3, -0.25) is 14.6 Å². The predicted octanol–water partition coefficient (Wildman–Crippen LogP) is 4.04. The van der Waals surface area contributed by atoms with E-state index in [9.17, 15) is 0 Å². The minimum atomic E-state index is 0.739. The molecule has 1 aromatic carbocycles. The highest BCUT2D eigenvalue weighted by molar-refractivity contribution is 5.78. The van der Waals surface area contributed by atoms with Crippen LogP contribution in [-0.4, -0.2) is 32.8 Å². The first kappa shape index (κ1) is 17.2. The third kappa shape index (κ3) is 3.96. The largest absolute Gasteiger partial charge is 0.299 e. The summed E-state index contributed by atoms with van der Waals surface area (Å²) in [5, 5.41) is 5.77. The second-order valence-corrected chi connectivity index (χ2v) is 7.90. The lowest BCUT2D eigenvalue weighted by Gasteiger charge is -2.33. The number of rotatable bonds is 4. The molecule has 0 N–H and O–H groups in total. The van der Waals surface area contributed by atoms with Gasteiger partial charge < -0.3 is 0 Å². The Morgan fingerprint density at radius 3 is 2.69 bits per heavy atom. The molecule has 26 heavy (non-hydrogen) atoms. The van der Waals surface area contributed by atoms with Crippen LogP contribution in [0.25, 0.3) is 10.9 Å². The van der Waals surface area contributed by atoms with Crippen LogP contribution < -0.4 is 0 Å². The van der Waals surface area contributed by atoms with Crippen molar-refractivity contribution in [3.05, 3.63) is 59.0 Å². The molecule has 3 heterocycles. The van der Waals surface area contributed by atoms with Crippen LogP contribution in [0.4, 0.5) is 0 Å². The van der Waals surface area contributed by atoms with Crippen LogP contribution in [0.15, 0.2) is 36.5 Å². The van der Waals surface area contributed by atoms with Crippen LogP contribution in [0, 0.1) is 19.8 Å². The van der Waals surface area contributed by atoms with Crippen molar-refractivity contribution in [1.29, 1.82) is 0 Å². The van der Waals surface area contributed by atoms with Crippen molar-refractivity contribution in [1.82, 2.24) is 19.7 Å².